The van der Waals surface area contributed by atoms with Gasteiger partial charge in [-0.1, -0.05) is 28.1 Å². The van der Waals surface area contributed by atoms with E-state index in [9.17, 15) is 9.90 Å². The highest BCUT2D eigenvalue weighted by Crippen LogP contribution is 2.20. The average Bonchev–Trinajstić information content (AvgIpc) is 2.55. The van der Waals surface area contributed by atoms with Crippen LogP contribution in [-0.4, -0.2) is 23.3 Å². The fourth-order valence-electron chi connectivity index (χ4n) is 1.87. The topological polar surface area (TPSA) is 70.9 Å². The minimum absolute atomic E-state index is 0.0804. The van der Waals surface area contributed by atoms with E-state index in [0.29, 0.717) is 17.7 Å². The summed E-state index contributed by atoms with van der Waals surface area (Å²) in [5.41, 5.74) is 4.45. The molecule has 0 fully saturated rings. The summed E-state index contributed by atoms with van der Waals surface area (Å²) in [6, 6.07) is 12.2. The molecule has 5 nitrogen and oxygen atoms in total. The average molecular weight is 391 g/mol. The molecule has 0 unspecified atom stereocenters. The molecule has 0 aliphatic carbocycles. The highest BCUT2D eigenvalue weighted by molar-refractivity contribution is 9.10. The third kappa shape index (κ3) is 5.47. The van der Waals surface area contributed by atoms with Gasteiger partial charge in [0.25, 0.3) is 5.91 Å². The number of hydrazone groups is 1. The second-order valence-electron chi connectivity index (χ2n) is 5.46. The summed E-state index contributed by atoms with van der Waals surface area (Å²) in [4.78, 5) is 12.0. The molecule has 126 valence electrons. The predicted molar refractivity (Wildman–Crippen MR) is 97.2 cm³/mol. The van der Waals surface area contributed by atoms with Crippen molar-refractivity contribution in [2.24, 2.45) is 5.10 Å². The van der Waals surface area contributed by atoms with Crippen molar-refractivity contribution < 1.29 is 14.6 Å². The monoisotopic (exact) mass is 390 g/mol. The molecule has 0 aliphatic rings. The fourth-order valence-corrected chi connectivity index (χ4v) is 2.22. The van der Waals surface area contributed by atoms with Gasteiger partial charge in [-0.25, -0.2) is 5.43 Å². The van der Waals surface area contributed by atoms with Crippen LogP contribution in [-0.2, 0) is 11.3 Å². The molecule has 0 aromatic heterocycles. The number of amides is 1. The number of hydrogen-bond acceptors (Lipinski definition) is 4. The zero-order valence-corrected chi connectivity index (χ0v) is 15.1. The van der Waals surface area contributed by atoms with Crippen molar-refractivity contribution in [2.75, 3.05) is 0 Å². The second kappa shape index (κ2) is 8.61. The number of rotatable bonds is 6. The van der Waals surface area contributed by atoms with Gasteiger partial charge in [-0.3, -0.25) is 4.79 Å². The summed E-state index contributed by atoms with van der Waals surface area (Å²) in [6.07, 6.45) is 1.56. The standard InChI is InChI=1S/C18H19BrN2O3/c1-12(2)24-11-13-3-5-14(6-4-13)18(23)21-20-10-15-7-8-16(19)9-17(15)22/h3-10,12,22H,11H2,1-2H3,(H,21,23)/b20-10+. The Bertz CT molecular complexity index is 728. The molecule has 6 heteroatoms. The summed E-state index contributed by atoms with van der Waals surface area (Å²) in [7, 11) is 0. The van der Waals surface area contributed by atoms with Crippen molar-refractivity contribution in [3.05, 3.63) is 63.6 Å². The van der Waals surface area contributed by atoms with Gasteiger partial charge < -0.3 is 9.84 Å². The Morgan fingerprint density at radius 3 is 2.62 bits per heavy atom. The first-order chi connectivity index (χ1) is 11.5. The molecule has 0 bridgehead atoms. The maximum Gasteiger partial charge on any atom is 0.271 e. The zero-order chi connectivity index (χ0) is 17.5. The van der Waals surface area contributed by atoms with Crippen LogP contribution >= 0.6 is 15.9 Å². The Hall–Kier alpha value is -2.18. The van der Waals surface area contributed by atoms with Gasteiger partial charge in [0.05, 0.1) is 18.9 Å². The van der Waals surface area contributed by atoms with Crippen LogP contribution in [0.3, 0.4) is 0 Å². The van der Waals surface area contributed by atoms with E-state index in [1.807, 2.05) is 26.0 Å². The van der Waals surface area contributed by atoms with Gasteiger partial charge >= 0.3 is 0 Å². The van der Waals surface area contributed by atoms with E-state index in [1.54, 1.807) is 30.3 Å². The summed E-state index contributed by atoms with van der Waals surface area (Å²) < 4.78 is 6.28. The van der Waals surface area contributed by atoms with Crippen molar-refractivity contribution in [2.45, 2.75) is 26.6 Å². The number of nitrogens with one attached hydrogen (secondary N) is 1. The smallest absolute Gasteiger partial charge is 0.271 e. The van der Waals surface area contributed by atoms with Gasteiger partial charge in [-0.15, -0.1) is 0 Å². The number of benzene rings is 2. The van der Waals surface area contributed by atoms with Gasteiger partial charge in [-0.05, 0) is 49.7 Å². The molecule has 24 heavy (non-hydrogen) atoms. The quantitative estimate of drug-likeness (QED) is 0.581. The maximum absolute atomic E-state index is 12.0. The van der Waals surface area contributed by atoms with E-state index in [4.69, 9.17) is 4.74 Å². The summed E-state index contributed by atoms with van der Waals surface area (Å²) >= 11 is 3.26. The first-order valence-electron chi connectivity index (χ1n) is 7.48. The van der Waals surface area contributed by atoms with E-state index in [1.165, 1.54) is 6.21 Å². The van der Waals surface area contributed by atoms with E-state index in [0.717, 1.165) is 10.0 Å². The van der Waals surface area contributed by atoms with Crippen LogP contribution in [0.4, 0.5) is 0 Å². The number of phenols is 1. The lowest BCUT2D eigenvalue weighted by atomic mass is 10.1. The minimum atomic E-state index is -0.320. The molecule has 2 rings (SSSR count). The van der Waals surface area contributed by atoms with Crippen molar-refractivity contribution >= 4 is 28.1 Å². The van der Waals surface area contributed by atoms with Crippen LogP contribution in [0.25, 0.3) is 0 Å². The molecule has 0 aliphatic heterocycles. The summed E-state index contributed by atoms with van der Waals surface area (Å²) in [5, 5.41) is 13.6. The molecule has 0 saturated heterocycles. The van der Waals surface area contributed by atoms with Crippen molar-refractivity contribution in [3.8, 4) is 5.75 Å². The summed E-state index contributed by atoms with van der Waals surface area (Å²) in [6.45, 7) is 4.46. The number of halogens is 1. The van der Waals surface area contributed by atoms with Gasteiger partial charge in [0.2, 0.25) is 0 Å². The molecule has 2 N–H and O–H groups in total. The Labute approximate surface area is 149 Å². The molecule has 0 saturated carbocycles. The van der Waals surface area contributed by atoms with E-state index >= 15 is 0 Å². The first kappa shape index (κ1) is 18.2. The first-order valence-corrected chi connectivity index (χ1v) is 8.27. The van der Waals surface area contributed by atoms with E-state index in [2.05, 4.69) is 26.5 Å². The highest BCUT2D eigenvalue weighted by atomic mass is 79.9. The van der Waals surface area contributed by atoms with Gasteiger partial charge in [0.15, 0.2) is 0 Å². The van der Waals surface area contributed by atoms with Crippen LogP contribution in [0.15, 0.2) is 52.0 Å². The largest absolute Gasteiger partial charge is 0.507 e. The lowest BCUT2D eigenvalue weighted by Crippen LogP contribution is -2.17. The van der Waals surface area contributed by atoms with Gasteiger partial charge in [-0.2, -0.15) is 5.10 Å². The number of aromatic hydroxyl groups is 1. The lowest BCUT2D eigenvalue weighted by molar-refractivity contribution is 0.0657. The number of phenolic OH excluding ortho intramolecular Hbond substituents is 1. The number of carbonyl (C=O) groups is 1. The number of hydrogen-bond donors (Lipinski definition) is 2. The van der Waals surface area contributed by atoms with Crippen LogP contribution in [0, 0.1) is 0 Å². The van der Waals surface area contributed by atoms with Crippen molar-refractivity contribution in [1.29, 1.82) is 0 Å². The molecule has 1 amide bonds. The molecular weight excluding hydrogens is 372 g/mol. The Morgan fingerprint density at radius 1 is 1.29 bits per heavy atom. The van der Waals surface area contributed by atoms with E-state index in [-0.39, 0.29) is 17.8 Å². The normalized spacial score (nSPS) is 11.2. The predicted octanol–water partition coefficient (Wildman–Crippen LogP) is 3.84. The summed E-state index contributed by atoms with van der Waals surface area (Å²) in [5.74, 6) is -0.240. The molecule has 0 atom stereocenters. The van der Waals surface area contributed by atoms with Crippen LogP contribution in [0.5, 0.6) is 5.75 Å². The van der Waals surface area contributed by atoms with Gasteiger partial charge in [0, 0.05) is 15.6 Å². The molecule has 2 aromatic carbocycles. The third-order valence-electron chi connectivity index (χ3n) is 3.16. The number of ether oxygens (including phenoxy) is 1. The fraction of sp³-hybridized carbons (Fsp3) is 0.222. The van der Waals surface area contributed by atoms with Crippen LogP contribution in [0.2, 0.25) is 0 Å². The molecule has 0 radical (unpaired) electrons. The maximum atomic E-state index is 12.0. The second-order valence-corrected chi connectivity index (χ2v) is 6.37. The highest BCUT2D eigenvalue weighted by Gasteiger charge is 2.05. The minimum Gasteiger partial charge on any atom is -0.507 e. The number of carbonyl (C=O) groups excluding carboxylic acids is 1. The Kier molecular flexibility index (Phi) is 6.52. The number of nitrogens with zero attached hydrogens (tertiary/aromatic N) is 1. The third-order valence-corrected chi connectivity index (χ3v) is 3.65. The van der Waals surface area contributed by atoms with Crippen molar-refractivity contribution in [1.82, 2.24) is 5.43 Å². The lowest BCUT2D eigenvalue weighted by Gasteiger charge is -2.07. The van der Waals surface area contributed by atoms with Gasteiger partial charge in [0.1, 0.15) is 5.75 Å². The Morgan fingerprint density at radius 2 is 2.00 bits per heavy atom. The molecule has 2 aromatic rings. The van der Waals surface area contributed by atoms with Crippen LogP contribution in [0.1, 0.15) is 35.3 Å². The molecular formula is C18H19BrN2O3. The molecule has 0 heterocycles. The zero-order valence-electron chi connectivity index (χ0n) is 13.5. The van der Waals surface area contributed by atoms with Crippen LogP contribution < -0.4 is 5.43 Å². The SMILES string of the molecule is CC(C)OCc1ccc(C(=O)N/N=C/c2ccc(Br)cc2O)cc1. The molecule has 0 spiro atoms. The van der Waals surface area contributed by atoms with Crippen molar-refractivity contribution in [3.63, 3.8) is 0 Å². The van der Waals surface area contributed by atoms with E-state index < -0.39 is 0 Å². The Balaban J connectivity index is 1.93.